The van der Waals surface area contributed by atoms with Crippen LogP contribution in [0.2, 0.25) is 0 Å². The van der Waals surface area contributed by atoms with E-state index in [2.05, 4.69) is 39.4 Å². The first kappa shape index (κ1) is 17.8. The predicted octanol–water partition coefficient (Wildman–Crippen LogP) is 2.20. The van der Waals surface area contributed by atoms with Gasteiger partial charge in [-0.05, 0) is 30.9 Å². The first-order valence-corrected chi connectivity index (χ1v) is 10.2. The number of nitrogens with one attached hydrogen (secondary N) is 1. The Bertz CT molecular complexity index is 621. The number of para-hydroxylation sites is 1. The molecule has 0 unspecified atom stereocenters. The summed E-state index contributed by atoms with van der Waals surface area (Å²) in [6, 6.07) is 8.44. The maximum absolute atomic E-state index is 12.7. The van der Waals surface area contributed by atoms with E-state index in [-0.39, 0.29) is 11.4 Å². The number of benzene rings is 1. The van der Waals surface area contributed by atoms with E-state index < -0.39 is 0 Å². The number of fused-ring (bicyclic) bond motifs is 1. The van der Waals surface area contributed by atoms with Crippen molar-refractivity contribution >= 4 is 11.6 Å². The molecule has 2 aliphatic heterocycles. The maximum Gasteiger partial charge on any atom is 0.239 e. The van der Waals surface area contributed by atoms with Crippen molar-refractivity contribution in [1.29, 1.82) is 0 Å². The summed E-state index contributed by atoms with van der Waals surface area (Å²) in [6.45, 7) is 5.82. The molecule has 1 saturated carbocycles. The molecular weight excluding hydrogens is 326 g/mol. The molecule has 142 valence electrons. The van der Waals surface area contributed by atoms with Gasteiger partial charge in [-0.15, -0.1) is 0 Å². The lowest BCUT2D eigenvalue weighted by Crippen LogP contribution is -2.60. The zero-order chi connectivity index (χ0) is 17.8. The van der Waals surface area contributed by atoms with Crippen molar-refractivity contribution in [2.24, 2.45) is 0 Å². The molecule has 3 aliphatic rings. The molecule has 0 spiro atoms. The van der Waals surface area contributed by atoms with Crippen molar-refractivity contribution in [3.8, 4) is 0 Å². The second-order valence-corrected chi connectivity index (χ2v) is 7.96. The number of hydrogen-bond acceptors (Lipinski definition) is 4. The number of nitrogens with zero attached hydrogens (tertiary/aromatic N) is 2. The number of ether oxygens (including phenoxy) is 1. The minimum absolute atomic E-state index is 0.139. The van der Waals surface area contributed by atoms with Crippen LogP contribution in [0.1, 0.15) is 37.7 Å². The molecule has 2 heterocycles. The van der Waals surface area contributed by atoms with Gasteiger partial charge < -0.3 is 15.0 Å². The van der Waals surface area contributed by atoms with Crippen molar-refractivity contribution in [2.45, 2.75) is 44.1 Å². The van der Waals surface area contributed by atoms with Gasteiger partial charge in [-0.1, -0.05) is 37.5 Å². The van der Waals surface area contributed by atoms with Crippen LogP contribution in [0.5, 0.6) is 0 Å². The zero-order valence-electron chi connectivity index (χ0n) is 15.7. The molecule has 2 fully saturated rings. The Labute approximate surface area is 156 Å². The highest BCUT2D eigenvalue weighted by Gasteiger charge is 2.38. The molecule has 1 aromatic carbocycles. The zero-order valence-corrected chi connectivity index (χ0v) is 15.7. The highest BCUT2D eigenvalue weighted by molar-refractivity contribution is 5.82. The molecule has 1 saturated heterocycles. The molecule has 4 rings (SSSR count). The second-order valence-electron chi connectivity index (χ2n) is 7.96. The van der Waals surface area contributed by atoms with Crippen molar-refractivity contribution < 1.29 is 9.53 Å². The van der Waals surface area contributed by atoms with Gasteiger partial charge in [-0.3, -0.25) is 9.69 Å². The Kier molecular flexibility index (Phi) is 5.46. The van der Waals surface area contributed by atoms with Crippen LogP contribution in [0.4, 0.5) is 5.69 Å². The lowest BCUT2D eigenvalue weighted by atomic mass is 9.79. The molecular formula is C21H31N3O2. The van der Waals surface area contributed by atoms with Crippen LogP contribution in [-0.2, 0) is 16.0 Å². The fourth-order valence-corrected chi connectivity index (χ4v) is 4.92. The van der Waals surface area contributed by atoms with Crippen LogP contribution in [0.25, 0.3) is 0 Å². The first-order chi connectivity index (χ1) is 12.8. The number of hydrogen-bond donors (Lipinski definition) is 1. The smallest absolute Gasteiger partial charge is 0.239 e. The minimum atomic E-state index is 0.139. The van der Waals surface area contributed by atoms with Gasteiger partial charge in [0.25, 0.3) is 0 Å². The Morgan fingerprint density at radius 3 is 2.65 bits per heavy atom. The van der Waals surface area contributed by atoms with E-state index >= 15 is 0 Å². The lowest BCUT2D eigenvalue weighted by molar-refractivity contribution is -0.121. The first-order valence-electron chi connectivity index (χ1n) is 10.2. The van der Waals surface area contributed by atoms with E-state index in [4.69, 9.17) is 4.74 Å². The Balaban J connectivity index is 1.36. The van der Waals surface area contributed by atoms with Gasteiger partial charge in [0.1, 0.15) is 0 Å². The summed E-state index contributed by atoms with van der Waals surface area (Å²) in [5.41, 5.74) is 2.72. The van der Waals surface area contributed by atoms with Crippen LogP contribution < -0.4 is 10.2 Å². The number of anilines is 1. The number of morpholine rings is 1. The summed E-state index contributed by atoms with van der Waals surface area (Å²) >= 11 is 0. The van der Waals surface area contributed by atoms with E-state index in [0.29, 0.717) is 6.54 Å². The van der Waals surface area contributed by atoms with Gasteiger partial charge in [0.15, 0.2) is 0 Å². The Morgan fingerprint density at radius 1 is 1.08 bits per heavy atom. The molecule has 5 nitrogen and oxygen atoms in total. The third-order valence-electron chi connectivity index (χ3n) is 6.40. The van der Waals surface area contributed by atoms with Gasteiger partial charge in [-0.2, -0.15) is 0 Å². The lowest BCUT2D eigenvalue weighted by Gasteiger charge is -2.48. The van der Waals surface area contributed by atoms with E-state index in [1.807, 2.05) is 0 Å². The largest absolute Gasteiger partial charge is 0.379 e. The molecule has 1 N–H and O–H groups in total. The summed E-state index contributed by atoms with van der Waals surface area (Å²) < 4.78 is 5.55. The van der Waals surface area contributed by atoms with Crippen molar-refractivity contribution in [3.63, 3.8) is 0 Å². The molecule has 5 heteroatoms. The van der Waals surface area contributed by atoms with E-state index in [9.17, 15) is 4.79 Å². The van der Waals surface area contributed by atoms with Gasteiger partial charge >= 0.3 is 0 Å². The van der Waals surface area contributed by atoms with Crippen LogP contribution in [-0.4, -0.2) is 62.3 Å². The van der Waals surface area contributed by atoms with Crippen molar-refractivity contribution in [1.82, 2.24) is 10.2 Å². The van der Waals surface area contributed by atoms with E-state index in [1.165, 1.54) is 43.4 Å². The van der Waals surface area contributed by atoms with Crippen LogP contribution in [0.3, 0.4) is 0 Å². The maximum atomic E-state index is 12.7. The van der Waals surface area contributed by atoms with Crippen LogP contribution >= 0.6 is 0 Å². The van der Waals surface area contributed by atoms with E-state index in [0.717, 1.165) is 45.8 Å². The highest BCUT2D eigenvalue weighted by Crippen LogP contribution is 2.34. The summed E-state index contributed by atoms with van der Waals surface area (Å²) in [5, 5.41) is 3.29. The summed E-state index contributed by atoms with van der Waals surface area (Å²) in [6.07, 6.45) is 7.30. The molecule has 0 atom stereocenters. The monoisotopic (exact) mass is 357 g/mol. The number of carbonyl (C=O) groups excluding carboxylic acids is 1. The molecule has 26 heavy (non-hydrogen) atoms. The summed E-state index contributed by atoms with van der Waals surface area (Å²) in [4.78, 5) is 17.5. The molecule has 1 aromatic rings. The topological polar surface area (TPSA) is 44.8 Å². The molecule has 1 amide bonds. The SMILES string of the molecule is O=C(CN1CCc2ccccc21)NCC1(N2CCOCC2)CCCCC1. The quantitative estimate of drug-likeness (QED) is 0.878. The minimum Gasteiger partial charge on any atom is -0.379 e. The molecule has 0 radical (unpaired) electrons. The third kappa shape index (κ3) is 3.74. The second kappa shape index (κ2) is 7.97. The Hall–Kier alpha value is -1.59. The normalized spacial score (nSPS) is 22.8. The number of amides is 1. The Morgan fingerprint density at radius 2 is 1.85 bits per heavy atom. The third-order valence-corrected chi connectivity index (χ3v) is 6.40. The number of carbonyl (C=O) groups is 1. The van der Waals surface area contributed by atoms with Gasteiger partial charge in [0.2, 0.25) is 5.91 Å². The molecule has 0 bridgehead atoms. The fraction of sp³-hybridized carbons (Fsp3) is 0.667. The predicted molar refractivity (Wildman–Crippen MR) is 104 cm³/mol. The highest BCUT2D eigenvalue weighted by atomic mass is 16.5. The standard InChI is InChI=1S/C21H31N3O2/c25-20(16-23-11-8-18-6-2-3-7-19(18)23)22-17-21(9-4-1-5-10-21)24-12-14-26-15-13-24/h2-3,6-7H,1,4-5,8-17H2,(H,22,25). The molecule has 0 aromatic heterocycles. The van der Waals surface area contributed by atoms with Gasteiger partial charge in [-0.25, -0.2) is 0 Å². The fourth-order valence-electron chi connectivity index (χ4n) is 4.92. The van der Waals surface area contributed by atoms with Crippen molar-refractivity contribution in [2.75, 3.05) is 50.8 Å². The van der Waals surface area contributed by atoms with Crippen LogP contribution in [0, 0.1) is 0 Å². The summed E-state index contributed by atoms with van der Waals surface area (Å²) in [7, 11) is 0. The molecule has 1 aliphatic carbocycles. The van der Waals surface area contributed by atoms with Crippen LogP contribution in [0.15, 0.2) is 24.3 Å². The number of rotatable bonds is 5. The average Bonchev–Trinajstić information content (AvgIpc) is 3.11. The van der Waals surface area contributed by atoms with Gasteiger partial charge in [0, 0.05) is 37.4 Å². The van der Waals surface area contributed by atoms with Gasteiger partial charge in [0.05, 0.1) is 19.8 Å². The van der Waals surface area contributed by atoms with Crippen molar-refractivity contribution in [3.05, 3.63) is 29.8 Å². The average molecular weight is 357 g/mol. The summed E-state index contributed by atoms with van der Waals surface area (Å²) in [5.74, 6) is 0.153. The van der Waals surface area contributed by atoms with E-state index in [1.54, 1.807) is 0 Å².